The highest BCUT2D eigenvalue weighted by atomic mass is 19.4. The number of carbonyl (C=O) groups is 1. The summed E-state index contributed by atoms with van der Waals surface area (Å²) < 4.78 is 38.4. The van der Waals surface area contributed by atoms with Gasteiger partial charge in [0.15, 0.2) is 0 Å². The number of halogens is 3. The second kappa shape index (κ2) is 9.30. The number of hydrogen-bond acceptors (Lipinski definition) is 4. The first-order valence-electron chi connectivity index (χ1n) is 10.7. The Kier molecular flexibility index (Phi) is 7.26. The van der Waals surface area contributed by atoms with Crippen LogP contribution in [-0.4, -0.2) is 77.0 Å². The Hall–Kier alpha value is -0.860. The van der Waals surface area contributed by atoms with Gasteiger partial charge < -0.3 is 15.1 Å². The molecule has 2 heterocycles. The summed E-state index contributed by atoms with van der Waals surface area (Å²) in [7, 11) is 0. The summed E-state index contributed by atoms with van der Waals surface area (Å²) >= 11 is 0. The van der Waals surface area contributed by atoms with E-state index in [1.54, 1.807) is 0 Å². The van der Waals surface area contributed by atoms with Crippen molar-refractivity contribution < 1.29 is 28.2 Å². The molecule has 2 N–H and O–H groups in total. The second-order valence-electron chi connectivity index (χ2n) is 8.88. The third-order valence-electron chi connectivity index (χ3n) is 6.96. The fraction of sp³-hybridized carbons (Fsp3) is 0.950. The summed E-state index contributed by atoms with van der Waals surface area (Å²) in [6.07, 6.45) is -0.396. The Morgan fingerprint density at radius 1 is 0.964 bits per heavy atom. The van der Waals surface area contributed by atoms with Gasteiger partial charge in [-0.25, -0.2) is 0 Å². The molecule has 8 heteroatoms. The maximum Gasteiger partial charge on any atom is 0.391 e. The molecule has 0 radical (unpaired) electrons. The third-order valence-corrected chi connectivity index (χ3v) is 6.96. The molecule has 2 atom stereocenters. The van der Waals surface area contributed by atoms with Gasteiger partial charge in [0, 0.05) is 38.1 Å². The van der Waals surface area contributed by atoms with E-state index in [4.69, 9.17) is 0 Å². The maximum atomic E-state index is 12.8. The summed E-state index contributed by atoms with van der Waals surface area (Å²) in [5.41, 5.74) is 0. The van der Waals surface area contributed by atoms with Gasteiger partial charge in [-0.15, -0.1) is 0 Å². The first-order valence-corrected chi connectivity index (χ1v) is 10.7. The molecular formula is C20H33F3N2O3. The molecule has 162 valence electrons. The largest absolute Gasteiger partial charge is 0.395 e. The van der Waals surface area contributed by atoms with Crippen LogP contribution in [0.4, 0.5) is 13.2 Å². The van der Waals surface area contributed by atoms with Crippen molar-refractivity contribution in [3.8, 4) is 0 Å². The minimum Gasteiger partial charge on any atom is -0.395 e. The molecule has 5 nitrogen and oxygen atoms in total. The number of β-amino-alcohol motifs (C(OH)–C–C–N with tert-alkyl or cyclic N) is 1. The second-order valence-corrected chi connectivity index (χ2v) is 8.88. The molecule has 0 aromatic heterocycles. The number of amides is 1. The highest BCUT2D eigenvalue weighted by Gasteiger charge is 2.43. The molecule has 3 rings (SSSR count). The molecule has 1 saturated carbocycles. The Labute approximate surface area is 164 Å². The molecular weight excluding hydrogens is 373 g/mol. The van der Waals surface area contributed by atoms with E-state index in [-0.39, 0.29) is 43.4 Å². The summed E-state index contributed by atoms with van der Waals surface area (Å²) in [6.45, 7) is 2.82. The van der Waals surface area contributed by atoms with E-state index in [1.165, 1.54) is 0 Å². The minimum atomic E-state index is -4.14. The van der Waals surface area contributed by atoms with Crippen molar-refractivity contribution in [3.63, 3.8) is 0 Å². The van der Waals surface area contributed by atoms with E-state index in [1.807, 2.05) is 4.90 Å². The minimum absolute atomic E-state index is 0.0284. The molecule has 0 bridgehead atoms. The van der Waals surface area contributed by atoms with Crippen LogP contribution in [0.3, 0.4) is 0 Å². The lowest BCUT2D eigenvalue weighted by Crippen LogP contribution is -2.51. The van der Waals surface area contributed by atoms with Gasteiger partial charge >= 0.3 is 6.18 Å². The Balaban J connectivity index is 1.43. The van der Waals surface area contributed by atoms with Crippen LogP contribution in [0.2, 0.25) is 0 Å². The molecule has 0 spiro atoms. The summed E-state index contributed by atoms with van der Waals surface area (Å²) in [4.78, 5) is 16.7. The lowest BCUT2D eigenvalue weighted by Gasteiger charge is -2.41. The smallest absolute Gasteiger partial charge is 0.391 e. The first kappa shape index (κ1) is 21.8. The number of likely N-dealkylation sites (tertiary alicyclic amines) is 2. The van der Waals surface area contributed by atoms with Crippen LogP contribution in [0.15, 0.2) is 0 Å². The van der Waals surface area contributed by atoms with Gasteiger partial charge in [0.25, 0.3) is 0 Å². The number of nitrogens with zero attached hydrogens (tertiary/aromatic N) is 2. The molecule has 3 fully saturated rings. The van der Waals surface area contributed by atoms with Crippen LogP contribution in [0.5, 0.6) is 0 Å². The van der Waals surface area contributed by atoms with Crippen molar-refractivity contribution >= 4 is 5.91 Å². The van der Waals surface area contributed by atoms with E-state index in [2.05, 4.69) is 4.90 Å². The molecule has 3 aliphatic rings. The predicted octanol–water partition coefficient (Wildman–Crippen LogP) is 2.41. The highest BCUT2D eigenvalue weighted by Crippen LogP contribution is 2.40. The predicted molar refractivity (Wildman–Crippen MR) is 98.5 cm³/mol. The molecule has 2 saturated heterocycles. The number of rotatable bonds is 4. The quantitative estimate of drug-likeness (QED) is 0.753. The molecule has 0 aromatic rings. The lowest BCUT2D eigenvalue weighted by molar-refractivity contribution is -0.185. The van der Waals surface area contributed by atoms with Crippen LogP contribution in [0, 0.1) is 17.8 Å². The van der Waals surface area contributed by atoms with E-state index in [9.17, 15) is 28.2 Å². The molecule has 0 aromatic carbocycles. The number of alkyl halides is 3. The molecule has 1 amide bonds. The monoisotopic (exact) mass is 406 g/mol. The molecule has 28 heavy (non-hydrogen) atoms. The van der Waals surface area contributed by atoms with Gasteiger partial charge in [0.1, 0.15) is 0 Å². The Bertz CT molecular complexity index is 515. The average molecular weight is 406 g/mol. The first-order chi connectivity index (χ1) is 13.3. The van der Waals surface area contributed by atoms with Crippen LogP contribution in [0.1, 0.15) is 51.4 Å². The van der Waals surface area contributed by atoms with Crippen molar-refractivity contribution in [3.05, 3.63) is 0 Å². The van der Waals surface area contributed by atoms with Crippen molar-refractivity contribution in [2.45, 2.75) is 69.7 Å². The number of aliphatic hydroxyl groups excluding tert-OH is 2. The standard InChI is InChI=1S/C20H33F3N2O3/c21-20(22,23)16-3-1-15(2-4-16)19(28)24-9-7-14(8-10-24)11-25-12-18(27)6-5-17(25)13-26/h14-18,26-27H,1-13H2/t15?,16?,17-,18-/m1/s1. The fourth-order valence-corrected chi connectivity index (χ4v) is 5.10. The number of hydrogen-bond donors (Lipinski definition) is 2. The van der Waals surface area contributed by atoms with Gasteiger partial charge in [-0.2, -0.15) is 13.2 Å². The summed E-state index contributed by atoms with van der Waals surface area (Å²) in [5.74, 6) is -1.06. The summed E-state index contributed by atoms with van der Waals surface area (Å²) in [6, 6.07) is 0.104. The highest BCUT2D eigenvalue weighted by molar-refractivity contribution is 5.79. The van der Waals surface area contributed by atoms with Gasteiger partial charge in [0.05, 0.1) is 18.6 Å². The Morgan fingerprint density at radius 2 is 1.61 bits per heavy atom. The van der Waals surface area contributed by atoms with Gasteiger partial charge in [-0.3, -0.25) is 9.69 Å². The van der Waals surface area contributed by atoms with Crippen LogP contribution < -0.4 is 0 Å². The van der Waals surface area contributed by atoms with Crippen molar-refractivity contribution in [2.75, 3.05) is 32.8 Å². The van der Waals surface area contributed by atoms with Gasteiger partial charge in [-0.05, 0) is 57.3 Å². The molecule has 1 aliphatic carbocycles. The van der Waals surface area contributed by atoms with Crippen LogP contribution >= 0.6 is 0 Å². The van der Waals surface area contributed by atoms with E-state index in [0.717, 1.165) is 32.2 Å². The lowest BCUT2D eigenvalue weighted by atomic mass is 9.80. The average Bonchev–Trinajstić information content (AvgIpc) is 2.68. The third kappa shape index (κ3) is 5.39. The number of carbonyl (C=O) groups excluding carboxylic acids is 1. The van der Waals surface area contributed by atoms with Crippen molar-refractivity contribution in [1.82, 2.24) is 9.80 Å². The topological polar surface area (TPSA) is 64.0 Å². The normalized spacial score (nSPS) is 33.8. The zero-order valence-corrected chi connectivity index (χ0v) is 16.4. The number of piperidine rings is 2. The van der Waals surface area contributed by atoms with Crippen molar-refractivity contribution in [1.29, 1.82) is 0 Å². The van der Waals surface area contributed by atoms with E-state index >= 15 is 0 Å². The zero-order valence-electron chi connectivity index (χ0n) is 16.4. The van der Waals surface area contributed by atoms with Crippen LogP contribution in [-0.2, 0) is 4.79 Å². The SMILES string of the molecule is O=C(C1CCC(C(F)(F)F)CC1)N1CCC(CN2C[C@H](O)CC[C@@H]2CO)CC1. The van der Waals surface area contributed by atoms with E-state index in [0.29, 0.717) is 38.4 Å². The number of aliphatic hydroxyl groups is 2. The Morgan fingerprint density at radius 3 is 2.18 bits per heavy atom. The summed E-state index contributed by atoms with van der Waals surface area (Å²) in [5, 5.41) is 19.5. The molecule has 2 aliphatic heterocycles. The van der Waals surface area contributed by atoms with Crippen molar-refractivity contribution in [2.24, 2.45) is 17.8 Å². The molecule has 0 unspecified atom stereocenters. The van der Waals surface area contributed by atoms with Crippen LogP contribution in [0.25, 0.3) is 0 Å². The van der Waals surface area contributed by atoms with Gasteiger partial charge in [0.2, 0.25) is 5.91 Å². The zero-order chi connectivity index (χ0) is 20.3. The van der Waals surface area contributed by atoms with Gasteiger partial charge in [-0.1, -0.05) is 0 Å². The van der Waals surface area contributed by atoms with E-state index < -0.39 is 12.1 Å². The maximum absolute atomic E-state index is 12.8. The fourth-order valence-electron chi connectivity index (χ4n) is 5.10.